The average Bonchev–Trinajstić information content (AvgIpc) is 3.16. The lowest BCUT2D eigenvalue weighted by Crippen LogP contribution is -2.47. The van der Waals surface area contributed by atoms with Crippen molar-refractivity contribution in [3.05, 3.63) is 147 Å². The molecule has 2 heterocycles. The molecule has 4 aromatic carbocycles. The minimum Gasteiger partial charge on any atom is -0.497 e. The molecule has 0 aliphatic carbocycles. The molecule has 0 bridgehead atoms. The molecule has 1 amide bonds. The van der Waals surface area contributed by atoms with E-state index >= 15 is 0 Å². The Morgan fingerprint density at radius 1 is 0.808 bits per heavy atom. The van der Waals surface area contributed by atoms with Crippen LogP contribution in [0.4, 0.5) is 0 Å². The van der Waals surface area contributed by atoms with Gasteiger partial charge in [-0.2, -0.15) is 0 Å². The van der Waals surface area contributed by atoms with Crippen molar-refractivity contribution in [1.82, 2.24) is 14.8 Å². The first-order valence-electron chi connectivity index (χ1n) is 17.2. The van der Waals surface area contributed by atoms with Crippen LogP contribution < -0.4 is 18.9 Å². The van der Waals surface area contributed by atoms with E-state index in [1.165, 1.54) is 11.1 Å². The van der Waals surface area contributed by atoms with E-state index in [2.05, 4.69) is 34.1 Å². The molecule has 0 radical (unpaired) electrons. The summed E-state index contributed by atoms with van der Waals surface area (Å²) >= 11 is 12.8. The lowest BCUT2D eigenvalue weighted by atomic mass is 10.1. The number of pyridine rings is 1. The Balaban J connectivity index is 0.932. The molecule has 1 saturated heterocycles. The Hall–Kier alpha value is -5.02. The molecule has 1 fully saturated rings. The lowest BCUT2D eigenvalue weighted by Gasteiger charge is -2.34. The standard InChI is InChI=1S/C42H41Cl2N3O5/c1-30-24-33(25-39(44)42(30)52-40-16-15-37(27-45-40)51-29-34-6-3-4-9-38(34)43)14-17-41(48)47-21-19-46(20-22-47)28-32-12-10-31(11-13-32)18-23-50-36-8-5-7-35(26-36)49-2/h3-17,24-27H,18-23,28-29H2,1-2H3/b17-14+. The molecule has 1 aliphatic rings. The number of aryl methyl sites for hydroxylation is 1. The van der Waals surface area contributed by atoms with Crippen LogP contribution in [0.2, 0.25) is 10.0 Å². The molecule has 10 heteroatoms. The smallest absolute Gasteiger partial charge is 0.246 e. The van der Waals surface area contributed by atoms with Gasteiger partial charge < -0.3 is 23.8 Å². The molecule has 0 N–H and O–H groups in total. The Morgan fingerprint density at radius 2 is 1.58 bits per heavy atom. The van der Waals surface area contributed by atoms with Crippen LogP contribution >= 0.6 is 23.2 Å². The van der Waals surface area contributed by atoms with Crippen molar-refractivity contribution < 1.29 is 23.7 Å². The van der Waals surface area contributed by atoms with Crippen LogP contribution in [0.25, 0.3) is 6.08 Å². The summed E-state index contributed by atoms with van der Waals surface area (Å²) in [7, 11) is 1.65. The quantitative estimate of drug-likeness (QED) is 0.105. The topological polar surface area (TPSA) is 73.4 Å². The van der Waals surface area contributed by atoms with Gasteiger partial charge in [0.15, 0.2) is 5.75 Å². The molecule has 1 aromatic heterocycles. The van der Waals surface area contributed by atoms with Crippen molar-refractivity contribution >= 4 is 35.2 Å². The number of hydrogen-bond donors (Lipinski definition) is 0. The minimum absolute atomic E-state index is 0.0182. The van der Waals surface area contributed by atoms with Gasteiger partial charge >= 0.3 is 0 Å². The summed E-state index contributed by atoms with van der Waals surface area (Å²) in [6, 6.07) is 31.1. The molecule has 0 spiro atoms. The number of nitrogens with zero attached hydrogens (tertiary/aromatic N) is 3. The van der Waals surface area contributed by atoms with Gasteiger partial charge in [-0.25, -0.2) is 4.98 Å². The zero-order valence-corrected chi connectivity index (χ0v) is 30.8. The highest BCUT2D eigenvalue weighted by Crippen LogP contribution is 2.34. The van der Waals surface area contributed by atoms with Crippen molar-refractivity contribution in [3.63, 3.8) is 0 Å². The third kappa shape index (κ3) is 10.3. The van der Waals surface area contributed by atoms with Crippen molar-refractivity contribution in [2.75, 3.05) is 39.9 Å². The van der Waals surface area contributed by atoms with Crippen molar-refractivity contribution in [2.24, 2.45) is 0 Å². The Labute approximate surface area is 315 Å². The molecule has 52 heavy (non-hydrogen) atoms. The van der Waals surface area contributed by atoms with E-state index in [0.29, 0.717) is 53.7 Å². The zero-order valence-electron chi connectivity index (χ0n) is 29.3. The second-order valence-corrected chi connectivity index (χ2v) is 13.3. The first-order chi connectivity index (χ1) is 25.3. The van der Waals surface area contributed by atoms with Gasteiger partial charge in [0.05, 0.1) is 24.9 Å². The largest absolute Gasteiger partial charge is 0.497 e. The SMILES string of the molecule is COc1cccc(OCCc2ccc(CN3CCN(C(=O)/C=C/c4cc(C)c(Oc5ccc(OCc6ccccc6Cl)cn5)c(Cl)c4)CC3)cc2)c1. The third-order valence-electron chi connectivity index (χ3n) is 8.75. The van der Waals surface area contributed by atoms with E-state index in [0.717, 1.165) is 54.2 Å². The van der Waals surface area contributed by atoms with Gasteiger partial charge in [0.25, 0.3) is 0 Å². The fourth-order valence-corrected chi connectivity index (χ4v) is 6.33. The molecule has 0 saturated carbocycles. The number of benzene rings is 4. The second kappa shape index (κ2) is 18.0. The molecule has 6 rings (SSSR count). The van der Waals surface area contributed by atoms with Gasteiger partial charge in [0.1, 0.15) is 23.9 Å². The molecule has 0 unspecified atom stereocenters. The van der Waals surface area contributed by atoms with E-state index in [1.807, 2.05) is 66.4 Å². The first-order valence-corrected chi connectivity index (χ1v) is 17.9. The fourth-order valence-electron chi connectivity index (χ4n) is 5.82. The number of amides is 1. The van der Waals surface area contributed by atoms with Gasteiger partial charge in [-0.3, -0.25) is 9.69 Å². The highest BCUT2D eigenvalue weighted by atomic mass is 35.5. The number of rotatable bonds is 14. The minimum atomic E-state index is -0.0182. The summed E-state index contributed by atoms with van der Waals surface area (Å²) in [5.74, 6) is 3.06. The number of methoxy groups -OCH3 is 1. The van der Waals surface area contributed by atoms with Crippen molar-refractivity contribution in [2.45, 2.75) is 26.5 Å². The summed E-state index contributed by atoms with van der Waals surface area (Å²) in [5, 5.41) is 1.08. The number of halogens is 2. The summed E-state index contributed by atoms with van der Waals surface area (Å²) in [4.78, 5) is 21.7. The van der Waals surface area contributed by atoms with E-state index in [-0.39, 0.29) is 5.91 Å². The zero-order chi connectivity index (χ0) is 36.3. The highest BCUT2D eigenvalue weighted by Gasteiger charge is 2.20. The van der Waals surface area contributed by atoms with Crippen molar-refractivity contribution in [3.8, 4) is 28.9 Å². The van der Waals surface area contributed by atoms with Gasteiger partial charge in [0.2, 0.25) is 11.8 Å². The monoisotopic (exact) mass is 737 g/mol. The normalized spacial score (nSPS) is 13.3. The molecule has 5 aromatic rings. The van der Waals surface area contributed by atoms with Gasteiger partial charge in [-0.05, 0) is 71.7 Å². The van der Waals surface area contributed by atoms with Gasteiger partial charge in [-0.1, -0.05) is 71.7 Å². The van der Waals surface area contributed by atoms with E-state index in [1.54, 1.807) is 43.7 Å². The number of carbonyl (C=O) groups excluding carboxylic acids is 1. The summed E-state index contributed by atoms with van der Waals surface area (Å²) in [5.41, 5.74) is 5.01. The third-order valence-corrected chi connectivity index (χ3v) is 9.40. The van der Waals surface area contributed by atoms with Crippen LogP contribution in [0.3, 0.4) is 0 Å². The molecule has 0 atom stereocenters. The predicted octanol–water partition coefficient (Wildman–Crippen LogP) is 9.06. The van der Waals surface area contributed by atoms with E-state index < -0.39 is 0 Å². The fraction of sp³-hybridized carbons (Fsp3) is 0.238. The number of aromatic nitrogens is 1. The van der Waals surface area contributed by atoms with Crippen LogP contribution in [-0.4, -0.2) is 60.6 Å². The Morgan fingerprint density at radius 3 is 2.31 bits per heavy atom. The van der Waals surface area contributed by atoms with Crippen LogP contribution in [0.5, 0.6) is 28.9 Å². The van der Waals surface area contributed by atoms with Gasteiger partial charge in [-0.15, -0.1) is 0 Å². The Kier molecular flexibility index (Phi) is 12.7. The average molecular weight is 739 g/mol. The maximum absolute atomic E-state index is 13.1. The van der Waals surface area contributed by atoms with E-state index in [9.17, 15) is 4.79 Å². The second-order valence-electron chi connectivity index (χ2n) is 12.5. The number of piperazine rings is 1. The van der Waals surface area contributed by atoms with Crippen molar-refractivity contribution in [1.29, 1.82) is 0 Å². The van der Waals surface area contributed by atoms with Crippen LogP contribution in [0, 0.1) is 6.92 Å². The Bertz CT molecular complexity index is 1950. The molecular formula is C42H41Cl2N3O5. The number of hydrogen-bond acceptors (Lipinski definition) is 7. The summed E-state index contributed by atoms with van der Waals surface area (Å²) in [6.45, 7) is 6.66. The molecule has 1 aliphatic heterocycles. The predicted molar refractivity (Wildman–Crippen MR) is 206 cm³/mol. The molecular weight excluding hydrogens is 697 g/mol. The molecule has 8 nitrogen and oxygen atoms in total. The van der Waals surface area contributed by atoms with Gasteiger partial charge in [0, 0.05) is 67.9 Å². The molecule has 268 valence electrons. The lowest BCUT2D eigenvalue weighted by molar-refractivity contribution is -0.127. The number of carbonyl (C=O) groups is 1. The van der Waals surface area contributed by atoms with Crippen LogP contribution in [0.1, 0.15) is 27.8 Å². The number of ether oxygens (including phenoxy) is 4. The maximum Gasteiger partial charge on any atom is 0.246 e. The summed E-state index contributed by atoms with van der Waals surface area (Å²) < 4.78 is 23.0. The van der Waals surface area contributed by atoms with Crippen LogP contribution in [-0.2, 0) is 24.4 Å². The summed E-state index contributed by atoms with van der Waals surface area (Å²) in [6.07, 6.45) is 5.83. The van der Waals surface area contributed by atoms with E-state index in [4.69, 9.17) is 42.1 Å². The van der Waals surface area contributed by atoms with Crippen LogP contribution in [0.15, 0.2) is 109 Å². The highest BCUT2D eigenvalue weighted by molar-refractivity contribution is 6.32. The first kappa shape index (κ1) is 36.8. The maximum atomic E-state index is 13.1.